The van der Waals surface area contributed by atoms with Crippen LogP contribution < -0.4 is 0 Å². The number of benzene rings is 1. The maximum absolute atomic E-state index is 13.4. The Morgan fingerprint density at radius 2 is 2.00 bits per heavy atom. The first-order chi connectivity index (χ1) is 9.16. The van der Waals surface area contributed by atoms with E-state index in [2.05, 4.69) is 0 Å². The molecule has 0 spiro atoms. The molecule has 1 aliphatic carbocycles. The highest BCUT2D eigenvalue weighted by Gasteiger charge is 2.56. The summed E-state index contributed by atoms with van der Waals surface area (Å²) in [6.07, 6.45) is 0.873. The van der Waals surface area contributed by atoms with E-state index in [0.29, 0.717) is 12.8 Å². The third kappa shape index (κ3) is 2.64. The second-order valence-corrected chi connectivity index (χ2v) is 6.00. The normalized spacial score (nSPS) is 16.6. The summed E-state index contributed by atoms with van der Waals surface area (Å²) in [7, 11) is 0. The summed E-state index contributed by atoms with van der Waals surface area (Å²) in [5.74, 6) is -1.13. The van der Waals surface area contributed by atoms with Crippen LogP contribution in [0.15, 0.2) is 18.2 Å². The largest absolute Gasteiger partial charge is 0.459 e. The van der Waals surface area contributed by atoms with E-state index in [9.17, 15) is 19.3 Å². The van der Waals surface area contributed by atoms with Crippen LogP contribution >= 0.6 is 0 Å². The lowest BCUT2D eigenvalue weighted by Gasteiger charge is -2.23. The summed E-state index contributed by atoms with van der Waals surface area (Å²) >= 11 is 0. The molecule has 108 valence electrons. The van der Waals surface area contributed by atoms with Crippen molar-refractivity contribution < 1.29 is 18.8 Å². The Kier molecular flexibility index (Phi) is 3.28. The number of halogens is 1. The smallest absolute Gasteiger partial charge is 0.317 e. The predicted octanol–water partition coefficient (Wildman–Crippen LogP) is 3.11. The molecule has 1 aromatic rings. The summed E-state index contributed by atoms with van der Waals surface area (Å²) in [4.78, 5) is 22.7. The summed E-state index contributed by atoms with van der Waals surface area (Å²) in [5.41, 5.74) is -1.89. The topological polar surface area (TPSA) is 69.4 Å². The van der Waals surface area contributed by atoms with Crippen molar-refractivity contribution in [1.82, 2.24) is 0 Å². The van der Waals surface area contributed by atoms with Crippen LogP contribution in [-0.2, 0) is 14.9 Å². The summed E-state index contributed by atoms with van der Waals surface area (Å²) in [6.45, 7) is 5.17. The Bertz CT molecular complexity index is 573. The van der Waals surface area contributed by atoms with E-state index in [-0.39, 0.29) is 11.3 Å². The summed E-state index contributed by atoms with van der Waals surface area (Å²) in [6, 6.07) is 3.18. The lowest BCUT2D eigenvalue weighted by Crippen LogP contribution is -2.32. The van der Waals surface area contributed by atoms with Gasteiger partial charge in [0.1, 0.15) is 11.4 Å². The van der Waals surface area contributed by atoms with Crippen molar-refractivity contribution >= 4 is 11.7 Å². The fourth-order valence-electron chi connectivity index (χ4n) is 2.13. The zero-order valence-electron chi connectivity index (χ0n) is 11.6. The molecule has 0 aliphatic heterocycles. The number of nitrogens with zero attached hydrogens (tertiary/aromatic N) is 1. The van der Waals surface area contributed by atoms with Crippen LogP contribution in [0.3, 0.4) is 0 Å². The van der Waals surface area contributed by atoms with E-state index in [1.54, 1.807) is 20.8 Å². The minimum absolute atomic E-state index is 0.108. The highest BCUT2D eigenvalue weighted by molar-refractivity contribution is 5.88. The Balaban J connectivity index is 2.43. The highest BCUT2D eigenvalue weighted by Crippen LogP contribution is 2.52. The SMILES string of the molecule is CC(C)(C)OC(=O)C1(c2cc(F)ccc2[N+](=O)[O-])CC1. The fraction of sp³-hybridized carbons (Fsp3) is 0.500. The molecule has 0 bridgehead atoms. The van der Waals surface area contributed by atoms with Crippen molar-refractivity contribution in [3.63, 3.8) is 0 Å². The first-order valence-electron chi connectivity index (χ1n) is 6.34. The number of rotatable bonds is 3. The number of carbonyl (C=O) groups is 1. The standard InChI is InChI=1S/C14H16FNO4/c1-13(2,3)20-12(17)14(6-7-14)10-8-9(15)4-5-11(10)16(18)19/h4-5,8H,6-7H2,1-3H3. The van der Waals surface area contributed by atoms with Crippen molar-refractivity contribution in [3.05, 3.63) is 39.7 Å². The molecule has 5 nitrogen and oxygen atoms in total. The van der Waals surface area contributed by atoms with Crippen LogP contribution in [0.5, 0.6) is 0 Å². The van der Waals surface area contributed by atoms with E-state index >= 15 is 0 Å². The summed E-state index contributed by atoms with van der Waals surface area (Å²) in [5, 5.41) is 11.0. The molecule has 1 aliphatic rings. The second kappa shape index (κ2) is 4.54. The Hall–Kier alpha value is -1.98. The van der Waals surface area contributed by atoms with E-state index in [4.69, 9.17) is 4.74 Å². The molecule has 0 atom stereocenters. The summed E-state index contributed by atoms with van der Waals surface area (Å²) < 4.78 is 18.7. The maximum Gasteiger partial charge on any atom is 0.317 e. The first kappa shape index (κ1) is 14.4. The second-order valence-electron chi connectivity index (χ2n) is 6.00. The molecule has 0 heterocycles. The minimum atomic E-state index is -1.07. The van der Waals surface area contributed by atoms with Crippen LogP contribution in [0, 0.1) is 15.9 Å². The number of nitro benzene ring substituents is 1. The van der Waals surface area contributed by atoms with Crippen LogP contribution in [0.4, 0.5) is 10.1 Å². The van der Waals surface area contributed by atoms with Gasteiger partial charge in [-0.2, -0.15) is 0 Å². The van der Waals surface area contributed by atoms with Crippen LogP contribution in [0.25, 0.3) is 0 Å². The average Bonchev–Trinajstić information content (AvgIpc) is 3.06. The molecule has 1 aromatic carbocycles. The molecule has 0 amide bonds. The molecule has 1 fully saturated rings. The Morgan fingerprint density at radius 3 is 2.45 bits per heavy atom. The quantitative estimate of drug-likeness (QED) is 0.485. The molecular weight excluding hydrogens is 265 g/mol. The predicted molar refractivity (Wildman–Crippen MR) is 69.8 cm³/mol. The Labute approximate surface area is 115 Å². The van der Waals surface area contributed by atoms with Gasteiger partial charge in [-0.1, -0.05) is 0 Å². The molecule has 2 rings (SSSR count). The van der Waals surface area contributed by atoms with Gasteiger partial charge in [0.25, 0.3) is 5.69 Å². The fourth-order valence-corrected chi connectivity index (χ4v) is 2.13. The first-order valence-corrected chi connectivity index (χ1v) is 6.34. The van der Waals surface area contributed by atoms with Gasteiger partial charge in [-0.05, 0) is 45.7 Å². The van der Waals surface area contributed by atoms with Gasteiger partial charge in [-0.25, -0.2) is 4.39 Å². The van der Waals surface area contributed by atoms with E-state index in [0.717, 1.165) is 18.2 Å². The van der Waals surface area contributed by atoms with Gasteiger partial charge in [0.05, 0.1) is 15.9 Å². The molecular formula is C14H16FNO4. The van der Waals surface area contributed by atoms with E-state index < -0.39 is 27.7 Å². The van der Waals surface area contributed by atoms with E-state index in [1.165, 1.54) is 0 Å². The molecule has 6 heteroatoms. The van der Waals surface area contributed by atoms with Gasteiger partial charge >= 0.3 is 5.97 Å². The zero-order chi connectivity index (χ0) is 15.1. The van der Waals surface area contributed by atoms with Crippen molar-refractivity contribution in [3.8, 4) is 0 Å². The third-order valence-electron chi connectivity index (χ3n) is 3.21. The Morgan fingerprint density at radius 1 is 1.40 bits per heavy atom. The number of ether oxygens (including phenoxy) is 1. The van der Waals surface area contributed by atoms with Crippen molar-refractivity contribution in [2.45, 2.75) is 44.6 Å². The third-order valence-corrected chi connectivity index (χ3v) is 3.21. The molecule has 0 saturated heterocycles. The molecule has 0 N–H and O–H groups in total. The van der Waals surface area contributed by atoms with Gasteiger partial charge in [-0.3, -0.25) is 14.9 Å². The molecule has 1 saturated carbocycles. The van der Waals surface area contributed by atoms with Gasteiger partial charge < -0.3 is 4.74 Å². The van der Waals surface area contributed by atoms with Crippen molar-refractivity contribution in [1.29, 1.82) is 0 Å². The molecule has 20 heavy (non-hydrogen) atoms. The van der Waals surface area contributed by atoms with Crippen molar-refractivity contribution in [2.75, 3.05) is 0 Å². The number of hydrogen-bond donors (Lipinski definition) is 0. The minimum Gasteiger partial charge on any atom is -0.459 e. The maximum atomic E-state index is 13.4. The molecule has 0 aromatic heterocycles. The highest BCUT2D eigenvalue weighted by atomic mass is 19.1. The van der Waals surface area contributed by atoms with Crippen molar-refractivity contribution in [2.24, 2.45) is 0 Å². The lowest BCUT2D eigenvalue weighted by molar-refractivity contribution is -0.385. The number of nitro groups is 1. The van der Waals surface area contributed by atoms with Gasteiger partial charge in [0.2, 0.25) is 0 Å². The number of esters is 1. The molecule has 0 unspecified atom stereocenters. The zero-order valence-corrected chi connectivity index (χ0v) is 11.6. The van der Waals surface area contributed by atoms with Gasteiger partial charge in [0.15, 0.2) is 0 Å². The number of carbonyl (C=O) groups excluding carboxylic acids is 1. The average molecular weight is 281 g/mol. The molecule has 0 radical (unpaired) electrons. The van der Waals surface area contributed by atoms with Crippen LogP contribution in [0.1, 0.15) is 39.2 Å². The monoisotopic (exact) mass is 281 g/mol. The van der Waals surface area contributed by atoms with E-state index in [1.807, 2.05) is 0 Å². The van der Waals surface area contributed by atoms with Crippen LogP contribution in [-0.4, -0.2) is 16.5 Å². The lowest BCUT2D eigenvalue weighted by atomic mass is 9.94. The van der Waals surface area contributed by atoms with Gasteiger partial charge in [0, 0.05) is 6.07 Å². The number of hydrogen-bond acceptors (Lipinski definition) is 4. The van der Waals surface area contributed by atoms with Crippen LogP contribution in [0.2, 0.25) is 0 Å². The van der Waals surface area contributed by atoms with Gasteiger partial charge in [-0.15, -0.1) is 0 Å².